The fourth-order valence-corrected chi connectivity index (χ4v) is 14.3. The topological polar surface area (TPSA) is 225 Å². The van der Waals surface area contributed by atoms with Crippen molar-refractivity contribution in [2.45, 2.75) is 86.5 Å². The second-order valence-electron chi connectivity index (χ2n) is 22.1. The van der Waals surface area contributed by atoms with Gasteiger partial charge in [0.1, 0.15) is 20.3 Å². The van der Waals surface area contributed by atoms with Gasteiger partial charge in [-0.05, 0) is 97.9 Å². The minimum atomic E-state index is -4.36. The Morgan fingerprint density at radius 2 is 1.22 bits per heavy atom. The molecule has 466 valence electrons. The van der Waals surface area contributed by atoms with Crippen molar-refractivity contribution in [2.75, 3.05) is 69.3 Å². The molecule has 3 aromatic heterocycles. The molecule has 7 aromatic rings. The van der Waals surface area contributed by atoms with Crippen molar-refractivity contribution in [3.63, 3.8) is 0 Å². The number of carbonyl (C=O) groups is 3. The Bertz CT molecular complexity index is 3810. The van der Waals surface area contributed by atoms with Crippen molar-refractivity contribution in [3.05, 3.63) is 181 Å². The third-order valence-electron chi connectivity index (χ3n) is 16.1. The molecule has 4 atom stereocenters. The van der Waals surface area contributed by atoms with E-state index in [9.17, 15) is 33.4 Å². The number of carbonyl (C=O) groups excluding carboxylic acids is 3. The molecule has 0 aliphatic carbocycles. The second-order valence-corrected chi connectivity index (χ2v) is 25.7. The monoisotopic (exact) mass is 1260 g/mol. The van der Waals surface area contributed by atoms with Crippen molar-refractivity contribution in [3.8, 4) is 0 Å². The van der Waals surface area contributed by atoms with Gasteiger partial charge in [-0.1, -0.05) is 79.0 Å². The number of thioether (sulfide) groups is 2. The van der Waals surface area contributed by atoms with Crippen LogP contribution in [0.1, 0.15) is 81.2 Å². The van der Waals surface area contributed by atoms with Crippen LogP contribution in [0.4, 0.5) is 11.4 Å². The van der Waals surface area contributed by atoms with Crippen LogP contribution in [0.2, 0.25) is 0 Å². The number of aromatic nitrogens is 4. The predicted octanol–water partition coefficient (Wildman–Crippen LogP) is 8.55. The summed E-state index contributed by atoms with van der Waals surface area (Å²) in [6.07, 6.45) is 14.1. The molecule has 1 fully saturated rings. The van der Waals surface area contributed by atoms with Gasteiger partial charge < -0.3 is 35.4 Å². The maximum atomic E-state index is 13.4. The number of H-pyrrole nitrogens is 1. The summed E-state index contributed by atoms with van der Waals surface area (Å²) in [4.78, 5) is 87.2. The number of ether oxygens (including phenoxy) is 1. The summed E-state index contributed by atoms with van der Waals surface area (Å²) in [6, 6.07) is 37.9. The number of anilines is 2. The van der Waals surface area contributed by atoms with Crippen molar-refractivity contribution < 1.29 is 46.8 Å². The average molecular weight is 1270 g/mol. The Balaban J connectivity index is 0.726. The van der Waals surface area contributed by atoms with Crippen LogP contribution in [0, 0.1) is 0 Å². The molecule has 0 spiro atoms. The minimum Gasteiger partial charge on any atom is -0.355 e. The highest BCUT2D eigenvalue weighted by atomic mass is 32.2. The maximum Gasteiger partial charge on any atom is 0.472 e. The number of rotatable bonds is 28. The highest BCUT2D eigenvalue weighted by molar-refractivity contribution is 8.04. The van der Waals surface area contributed by atoms with E-state index < -0.39 is 43.4 Å². The number of pyridine rings is 2. The number of aryl methyl sites for hydroxylation is 2. The van der Waals surface area contributed by atoms with Gasteiger partial charge >= 0.3 is 13.5 Å². The third kappa shape index (κ3) is 16.4. The molecule has 23 heteroatoms. The average Bonchev–Trinajstić information content (AvgIpc) is 3.49. The molecule has 5 N–H and O–H groups in total. The van der Waals surface area contributed by atoms with Crippen LogP contribution in [0.15, 0.2) is 163 Å². The standard InChI is InChI=1S/C66H75N10O10PS2/c1-5-55-56(86-87(82,83)84-4)44-62(85-55)76-45-48(65(80)70-66(76)81)28-29-61(79)69-34-41-73(39-32-67-59(77)26-14-16-35-74-53-22-10-12-24-57(53)88-63(74)42-46-30-37-71(2)51-20-8-6-18-49(46)51)40-33-68-60(78)27-15-17-36-75-54-23-11-13-25-58(54)89-64(75)43-47-31-38-72(3)52-21-9-7-19-50(47)52/h6-13,18-25,28-31,37-38,42-43,45,55-56,62H,5,14-17,26-27,32-36,39-41,44H2,1-4H3,(H3-2,67,68,69,70,77,78,79,80,81,82,83)/p+2/b29-28+. The highest BCUT2D eigenvalue weighted by Crippen LogP contribution is 2.49. The molecule has 3 aliphatic heterocycles. The maximum absolute atomic E-state index is 13.4. The number of hydrogen-bond acceptors (Lipinski definition) is 14. The Hall–Kier alpha value is -7.66. The van der Waals surface area contributed by atoms with E-state index in [1.807, 2.05) is 0 Å². The summed E-state index contributed by atoms with van der Waals surface area (Å²) in [5.74, 6) is -0.619. The van der Waals surface area contributed by atoms with Crippen LogP contribution in [-0.2, 0) is 46.8 Å². The van der Waals surface area contributed by atoms with E-state index in [1.165, 1.54) is 38.9 Å². The van der Waals surface area contributed by atoms with Gasteiger partial charge in [-0.25, -0.2) is 18.5 Å². The summed E-state index contributed by atoms with van der Waals surface area (Å²) < 4.78 is 33.5. The molecule has 6 heterocycles. The molecule has 3 aliphatic rings. The van der Waals surface area contributed by atoms with E-state index in [1.54, 1.807) is 30.4 Å². The molecule has 10 rings (SSSR count). The lowest BCUT2D eigenvalue weighted by atomic mass is 10.1. The van der Waals surface area contributed by atoms with Crippen molar-refractivity contribution >= 4 is 100 Å². The van der Waals surface area contributed by atoms with Crippen molar-refractivity contribution in [1.29, 1.82) is 0 Å². The van der Waals surface area contributed by atoms with Gasteiger partial charge in [-0.2, -0.15) is 0 Å². The number of aromatic amines is 1. The number of nitrogens with zero attached hydrogens (tertiary/aromatic N) is 6. The zero-order chi connectivity index (χ0) is 62.4. The molecule has 20 nitrogen and oxygen atoms in total. The van der Waals surface area contributed by atoms with E-state index in [4.69, 9.17) is 9.26 Å². The first-order valence-corrected chi connectivity index (χ1v) is 33.3. The normalized spacial score (nSPS) is 17.9. The largest absolute Gasteiger partial charge is 0.472 e. The van der Waals surface area contributed by atoms with Crippen LogP contribution in [0.3, 0.4) is 0 Å². The number of amides is 3. The molecule has 4 unspecified atom stereocenters. The Morgan fingerprint density at radius 1 is 0.719 bits per heavy atom. The summed E-state index contributed by atoms with van der Waals surface area (Å²) in [6.45, 7) is 5.47. The number of phosphoric ester groups is 1. The SMILES string of the molecule is CCC1OC(n2cc(/C=C/C(=O)NCCN(CCNC(=O)CCCCN3/C(=C/c4cc[n+](C)c5ccccc45)Sc4ccccc43)CCNC(=O)CCCCN3/C(=C/c4cc[n+](C)c5ccccc45)Sc4ccccc43)c(=O)[nH]c2=O)CC1OP(=O)(O)OC. The fourth-order valence-electron chi connectivity index (χ4n) is 11.4. The Morgan fingerprint density at radius 3 is 1.75 bits per heavy atom. The first-order chi connectivity index (χ1) is 43.1. The van der Waals surface area contributed by atoms with Crippen LogP contribution in [0.25, 0.3) is 40.0 Å². The Kier molecular flexibility index (Phi) is 21.9. The number of nitrogens with one attached hydrogen (secondary N) is 4. The number of hydrogen-bond donors (Lipinski definition) is 5. The fraction of sp³-hybridized carbons (Fsp3) is 0.348. The van der Waals surface area contributed by atoms with Crippen LogP contribution in [0.5, 0.6) is 0 Å². The Labute approximate surface area is 526 Å². The summed E-state index contributed by atoms with van der Waals surface area (Å²) in [7, 11) is 0.797. The molecule has 89 heavy (non-hydrogen) atoms. The van der Waals surface area contributed by atoms with E-state index in [2.05, 4.69) is 197 Å². The zero-order valence-electron chi connectivity index (χ0n) is 50.5. The third-order valence-corrected chi connectivity index (χ3v) is 19.3. The van der Waals surface area contributed by atoms with Gasteiger partial charge in [-0.3, -0.25) is 42.7 Å². The zero-order valence-corrected chi connectivity index (χ0v) is 53.1. The van der Waals surface area contributed by atoms with Gasteiger partial charge in [0.25, 0.3) is 5.56 Å². The van der Waals surface area contributed by atoms with Crippen molar-refractivity contribution in [1.82, 2.24) is 30.4 Å². The quantitative estimate of drug-likeness (QED) is 0.0134. The number of fused-ring (bicyclic) bond motifs is 4. The molecule has 3 amide bonds. The first-order valence-electron chi connectivity index (χ1n) is 30.2. The summed E-state index contributed by atoms with van der Waals surface area (Å²) in [5.41, 5.74) is 5.43. The van der Waals surface area contributed by atoms with Gasteiger partial charge in [-0.15, -0.1) is 0 Å². The van der Waals surface area contributed by atoms with E-state index in [-0.39, 0.29) is 30.3 Å². The summed E-state index contributed by atoms with van der Waals surface area (Å²) >= 11 is 3.52. The lowest BCUT2D eigenvalue weighted by Gasteiger charge is -2.23. The minimum absolute atomic E-state index is 0.0000568. The van der Waals surface area contributed by atoms with Crippen LogP contribution < -0.4 is 46.1 Å². The van der Waals surface area contributed by atoms with Gasteiger partial charge in [0.2, 0.25) is 28.8 Å². The number of unbranched alkanes of at least 4 members (excludes halogenated alkanes) is 2. The molecular weight excluding hydrogens is 1190 g/mol. The smallest absolute Gasteiger partial charge is 0.355 e. The van der Waals surface area contributed by atoms with Gasteiger partial charge in [0, 0.05) is 125 Å². The number of para-hydroxylation sites is 4. The molecule has 0 saturated carbocycles. The number of phosphoric acid groups is 1. The van der Waals surface area contributed by atoms with E-state index in [0.717, 1.165) is 81.2 Å². The second kappa shape index (κ2) is 30.2. The lowest BCUT2D eigenvalue weighted by Crippen LogP contribution is -2.42. The van der Waals surface area contributed by atoms with Gasteiger partial charge in [0.05, 0.1) is 50.0 Å². The first kappa shape index (κ1) is 64.3. The number of benzene rings is 4. The van der Waals surface area contributed by atoms with Crippen molar-refractivity contribution in [2.24, 2.45) is 14.1 Å². The molecule has 0 bridgehead atoms. The summed E-state index contributed by atoms with van der Waals surface area (Å²) in [5, 5.41) is 13.7. The van der Waals surface area contributed by atoms with Gasteiger partial charge in [0.15, 0.2) is 12.4 Å². The predicted molar refractivity (Wildman–Crippen MR) is 350 cm³/mol. The molecule has 4 aromatic carbocycles. The van der Waals surface area contributed by atoms with E-state index in [0.29, 0.717) is 64.8 Å². The molecule has 1 saturated heterocycles. The lowest BCUT2D eigenvalue weighted by molar-refractivity contribution is -0.645. The van der Waals surface area contributed by atoms with Crippen LogP contribution in [-0.4, -0.2) is 109 Å². The molecule has 0 radical (unpaired) electrons. The van der Waals surface area contributed by atoms with Crippen LogP contribution >= 0.6 is 31.3 Å². The molecular formula is C66H77N10O10PS2+2. The van der Waals surface area contributed by atoms with E-state index >= 15 is 0 Å². The highest BCUT2D eigenvalue weighted by Gasteiger charge is 2.41.